The number of benzene rings is 2. The fourth-order valence-corrected chi connectivity index (χ4v) is 6.39. The van der Waals surface area contributed by atoms with Crippen LogP contribution in [0.5, 0.6) is 0 Å². The number of rotatable bonds is 12. The summed E-state index contributed by atoms with van der Waals surface area (Å²) in [6, 6.07) is 11.9. The summed E-state index contributed by atoms with van der Waals surface area (Å²) in [6.07, 6.45) is 7.55. The molecule has 1 N–H and O–H groups in total. The zero-order valence-electron chi connectivity index (χ0n) is 23.0. The van der Waals surface area contributed by atoms with Gasteiger partial charge in [-0.05, 0) is 62.4 Å². The number of halogens is 2. The van der Waals surface area contributed by atoms with E-state index < -0.39 is 16.1 Å². The quantitative estimate of drug-likeness (QED) is 0.327. The van der Waals surface area contributed by atoms with Crippen molar-refractivity contribution >= 4 is 50.7 Å². The fourth-order valence-electron chi connectivity index (χ4n) is 4.91. The molecule has 0 saturated heterocycles. The van der Waals surface area contributed by atoms with Gasteiger partial charge in [0.05, 0.1) is 11.9 Å². The highest BCUT2D eigenvalue weighted by molar-refractivity contribution is 7.92. The maximum Gasteiger partial charge on any atom is 0.242 e. The van der Waals surface area contributed by atoms with E-state index in [2.05, 4.69) is 5.32 Å². The first-order chi connectivity index (χ1) is 18.5. The average molecular weight is 597 g/mol. The van der Waals surface area contributed by atoms with Crippen LogP contribution in [0.3, 0.4) is 0 Å². The predicted octanol–water partition coefficient (Wildman–Crippen LogP) is 5.97. The van der Waals surface area contributed by atoms with Gasteiger partial charge in [-0.3, -0.25) is 13.9 Å². The van der Waals surface area contributed by atoms with Crippen LogP contribution in [0.1, 0.15) is 69.9 Å². The lowest BCUT2D eigenvalue weighted by atomic mass is 9.95. The highest BCUT2D eigenvalue weighted by Gasteiger charge is 2.29. The number of nitrogens with one attached hydrogen (secondary N) is 1. The van der Waals surface area contributed by atoms with Gasteiger partial charge in [-0.15, -0.1) is 0 Å². The van der Waals surface area contributed by atoms with E-state index in [0.29, 0.717) is 21.3 Å². The van der Waals surface area contributed by atoms with Crippen molar-refractivity contribution in [1.82, 2.24) is 10.2 Å². The zero-order valence-corrected chi connectivity index (χ0v) is 25.3. The predicted molar refractivity (Wildman–Crippen MR) is 159 cm³/mol. The molecule has 3 rings (SSSR count). The van der Waals surface area contributed by atoms with Crippen molar-refractivity contribution in [2.75, 3.05) is 17.1 Å². The van der Waals surface area contributed by atoms with E-state index in [4.69, 9.17) is 23.2 Å². The topological polar surface area (TPSA) is 86.8 Å². The molecule has 1 saturated carbocycles. The van der Waals surface area contributed by atoms with Crippen molar-refractivity contribution in [3.63, 3.8) is 0 Å². The number of aryl methyl sites for hydroxylation is 1. The Morgan fingerprint density at radius 2 is 1.64 bits per heavy atom. The van der Waals surface area contributed by atoms with E-state index in [9.17, 15) is 18.0 Å². The Morgan fingerprint density at radius 3 is 2.21 bits per heavy atom. The number of hydrogen-bond donors (Lipinski definition) is 1. The lowest BCUT2D eigenvalue weighted by Gasteiger charge is -2.32. The molecule has 1 atom stereocenters. The summed E-state index contributed by atoms with van der Waals surface area (Å²) in [4.78, 5) is 28.3. The largest absolute Gasteiger partial charge is 0.352 e. The lowest BCUT2D eigenvalue weighted by molar-refractivity contribution is -0.141. The number of carbonyl (C=O) groups is 2. The van der Waals surface area contributed by atoms with E-state index in [-0.39, 0.29) is 43.8 Å². The van der Waals surface area contributed by atoms with Crippen LogP contribution < -0.4 is 9.62 Å². The van der Waals surface area contributed by atoms with Crippen LogP contribution >= 0.6 is 23.2 Å². The molecular formula is C29H39Cl2N3O4S. The van der Waals surface area contributed by atoms with Gasteiger partial charge >= 0.3 is 0 Å². The van der Waals surface area contributed by atoms with Gasteiger partial charge in [0.1, 0.15) is 6.04 Å². The third kappa shape index (κ3) is 8.85. The highest BCUT2D eigenvalue weighted by atomic mass is 35.5. The average Bonchev–Trinajstić information content (AvgIpc) is 2.90. The summed E-state index contributed by atoms with van der Waals surface area (Å²) in [5.41, 5.74) is 2.24. The third-order valence-corrected chi connectivity index (χ3v) is 9.20. The van der Waals surface area contributed by atoms with Crippen molar-refractivity contribution in [3.8, 4) is 0 Å². The minimum absolute atomic E-state index is 0.0577. The molecule has 2 aromatic rings. The molecule has 2 amide bonds. The molecule has 0 heterocycles. The summed E-state index contributed by atoms with van der Waals surface area (Å²) < 4.78 is 26.4. The van der Waals surface area contributed by atoms with Gasteiger partial charge in [0.25, 0.3) is 0 Å². The van der Waals surface area contributed by atoms with Gasteiger partial charge in [0.15, 0.2) is 0 Å². The molecule has 0 aromatic heterocycles. The number of sulfonamides is 1. The first-order valence-electron chi connectivity index (χ1n) is 13.6. The second-order valence-corrected chi connectivity index (χ2v) is 12.9. The SMILES string of the molecule is CCc1ccc(N(CCCC(=O)N(Cc2c(Cl)cccc2Cl)[C@H](C)C(=O)NC2CCCCC2)S(C)(=O)=O)cc1. The second-order valence-electron chi connectivity index (χ2n) is 10.2. The Bertz CT molecular complexity index is 1210. The summed E-state index contributed by atoms with van der Waals surface area (Å²) >= 11 is 12.8. The maximum atomic E-state index is 13.6. The maximum absolute atomic E-state index is 13.6. The fraction of sp³-hybridized carbons (Fsp3) is 0.517. The van der Waals surface area contributed by atoms with Crippen LogP contribution in [0.4, 0.5) is 5.69 Å². The Hall–Kier alpha value is -2.29. The van der Waals surface area contributed by atoms with Crippen molar-refractivity contribution in [2.45, 2.75) is 83.8 Å². The molecular weight excluding hydrogens is 557 g/mol. The third-order valence-electron chi connectivity index (χ3n) is 7.29. The smallest absolute Gasteiger partial charge is 0.242 e. The van der Waals surface area contributed by atoms with Gasteiger partial charge in [-0.1, -0.05) is 67.6 Å². The lowest BCUT2D eigenvalue weighted by Crippen LogP contribution is -2.50. The zero-order chi connectivity index (χ0) is 28.6. The minimum Gasteiger partial charge on any atom is -0.352 e. The first-order valence-corrected chi connectivity index (χ1v) is 16.2. The Morgan fingerprint density at radius 1 is 1.03 bits per heavy atom. The molecule has 1 aliphatic rings. The van der Waals surface area contributed by atoms with Crippen LogP contribution in [-0.4, -0.2) is 50.0 Å². The second kappa shape index (κ2) is 14.4. The van der Waals surface area contributed by atoms with Crippen molar-refractivity contribution < 1.29 is 18.0 Å². The van der Waals surface area contributed by atoms with Crippen molar-refractivity contribution in [2.24, 2.45) is 0 Å². The van der Waals surface area contributed by atoms with E-state index in [1.165, 1.54) is 15.6 Å². The van der Waals surface area contributed by atoms with Gasteiger partial charge in [0.2, 0.25) is 21.8 Å². The molecule has 7 nitrogen and oxygen atoms in total. The van der Waals surface area contributed by atoms with Crippen LogP contribution in [-0.2, 0) is 32.6 Å². The molecule has 214 valence electrons. The summed E-state index contributed by atoms with van der Waals surface area (Å²) in [5, 5.41) is 3.94. The Kier molecular flexibility index (Phi) is 11.5. The minimum atomic E-state index is -3.55. The molecule has 1 aliphatic carbocycles. The molecule has 0 radical (unpaired) electrons. The van der Waals surface area contributed by atoms with Gasteiger partial charge in [0, 0.05) is 41.2 Å². The highest BCUT2D eigenvalue weighted by Crippen LogP contribution is 2.27. The van der Waals surface area contributed by atoms with E-state index in [0.717, 1.165) is 43.9 Å². The van der Waals surface area contributed by atoms with Crippen molar-refractivity contribution in [1.29, 1.82) is 0 Å². The summed E-state index contributed by atoms with van der Waals surface area (Å²) in [7, 11) is -3.55. The van der Waals surface area contributed by atoms with Crippen LogP contribution in [0.15, 0.2) is 42.5 Å². The van der Waals surface area contributed by atoms with Gasteiger partial charge in [-0.2, -0.15) is 0 Å². The number of nitrogens with zero attached hydrogens (tertiary/aromatic N) is 2. The van der Waals surface area contributed by atoms with Crippen LogP contribution in [0, 0.1) is 0 Å². The first kappa shape index (κ1) is 31.2. The molecule has 10 heteroatoms. The number of amides is 2. The van der Waals surface area contributed by atoms with Gasteiger partial charge < -0.3 is 10.2 Å². The van der Waals surface area contributed by atoms with E-state index in [1.807, 2.05) is 19.1 Å². The monoisotopic (exact) mass is 595 g/mol. The van der Waals surface area contributed by atoms with Crippen LogP contribution in [0.25, 0.3) is 0 Å². The van der Waals surface area contributed by atoms with Crippen molar-refractivity contribution in [3.05, 3.63) is 63.6 Å². The molecule has 1 fully saturated rings. The van der Waals surface area contributed by atoms with Crippen LogP contribution in [0.2, 0.25) is 10.0 Å². The standard InChI is InChI=1S/C29H39Cl2N3O4S/c1-4-22-15-17-24(18-16-22)34(39(3,37)38)19-9-14-28(35)33(20-25-26(30)12-8-13-27(25)31)21(2)29(36)32-23-10-6-5-7-11-23/h8,12-13,15-18,21,23H,4-7,9-11,14,19-20H2,1-3H3,(H,32,36)/t21-/m1/s1. The van der Waals surface area contributed by atoms with Gasteiger partial charge in [-0.25, -0.2) is 8.42 Å². The number of hydrogen-bond acceptors (Lipinski definition) is 4. The number of anilines is 1. The molecule has 0 unspecified atom stereocenters. The Balaban J connectivity index is 1.75. The Labute approximate surface area is 242 Å². The van der Waals surface area contributed by atoms with E-state index >= 15 is 0 Å². The number of carbonyl (C=O) groups excluding carboxylic acids is 2. The normalized spacial score (nSPS) is 15.0. The molecule has 0 bridgehead atoms. The van der Waals surface area contributed by atoms with E-state index in [1.54, 1.807) is 37.3 Å². The molecule has 2 aromatic carbocycles. The molecule has 0 spiro atoms. The molecule has 0 aliphatic heterocycles. The summed E-state index contributed by atoms with van der Waals surface area (Å²) in [6.45, 7) is 3.95. The summed E-state index contributed by atoms with van der Waals surface area (Å²) in [5.74, 6) is -0.487. The molecule has 39 heavy (non-hydrogen) atoms.